The molecular weight excluding hydrogens is 226 g/mol. The van der Waals surface area contributed by atoms with Crippen LogP contribution in [0.4, 0.5) is 0 Å². The highest BCUT2D eigenvalue weighted by molar-refractivity contribution is 5.20. The van der Waals surface area contributed by atoms with Crippen molar-refractivity contribution >= 4 is 0 Å². The van der Waals surface area contributed by atoms with E-state index in [4.69, 9.17) is 4.74 Å². The molecule has 2 aromatic rings. The zero-order chi connectivity index (χ0) is 12.6. The van der Waals surface area contributed by atoms with E-state index in [9.17, 15) is 0 Å². The topological polar surface area (TPSA) is 39.1 Å². The van der Waals surface area contributed by atoms with Gasteiger partial charge in [0, 0.05) is 39.0 Å². The highest BCUT2D eigenvalue weighted by atomic mass is 16.5. The molecule has 2 rings (SSSR count). The fraction of sp³-hybridized carbons (Fsp3) is 0.357. The first-order valence-corrected chi connectivity index (χ1v) is 6.21. The maximum absolute atomic E-state index is 5.58. The van der Waals surface area contributed by atoms with Gasteiger partial charge in [-0.05, 0) is 12.1 Å². The number of nitrogens with zero attached hydrogens (tertiary/aromatic N) is 2. The fourth-order valence-corrected chi connectivity index (χ4v) is 1.72. The number of nitrogens with one attached hydrogen (secondary N) is 1. The summed E-state index contributed by atoms with van der Waals surface area (Å²) in [6, 6.07) is 9.87. The first-order chi connectivity index (χ1) is 8.86. The van der Waals surface area contributed by atoms with Gasteiger partial charge >= 0.3 is 0 Å². The van der Waals surface area contributed by atoms with Crippen molar-refractivity contribution in [2.45, 2.75) is 6.42 Å². The minimum atomic E-state index is 0.685. The van der Waals surface area contributed by atoms with Gasteiger partial charge < -0.3 is 14.6 Å². The van der Waals surface area contributed by atoms with E-state index in [-0.39, 0.29) is 0 Å². The Morgan fingerprint density at radius 3 is 2.78 bits per heavy atom. The largest absolute Gasteiger partial charge is 0.492 e. The van der Waals surface area contributed by atoms with Gasteiger partial charge in [0.05, 0.1) is 0 Å². The van der Waals surface area contributed by atoms with E-state index >= 15 is 0 Å². The second kappa shape index (κ2) is 6.81. The monoisotopic (exact) mass is 245 g/mol. The Hall–Kier alpha value is -1.81. The van der Waals surface area contributed by atoms with Gasteiger partial charge in [-0.3, -0.25) is 0 Å². The first-order valence-electron chi connectivity index (χ1n) is 6.21. The van der Waals surface area contributed by atoms with Crippen molar-refractivity contribution in [2.75, 3.05) is 19.7 Å². The van der Waals surface area contributed by atoms with Gasteiger partial charge in [0.25, 0.3) is 0 Å². The van der Waals surface area contributed by atoms with Crippen molar-refractivity contribution in [3.8, 4) is 5.75 Å². The zero-order valence-electron chi connectivity index (χ0n) is 10.7. The lowest BCUT2D eigenvalue weighted by atomic mass is 10.3. The third-order valence-corrected chi connectivity index (χ3v) is 2.74. The van der Waals surface area contributed by atoms with Crippen LogP contribution < -0.4 is 10.1 Å². The number of para-hydroxylation sites is 1. The quantitative estimate of drug-likeness (QED) is 0.754. The predicted octanol–water partition coefficient (Wildman–Crippen LogP) is 1.63. The van der Waals surface area contributed by atoms with Crippen LogP contribution in [0.15, 0.2) is 42.7 Å². The first kappa shape index (κ1) is 12.6. The maximum Gasteiger partial charge on any atom is 0.119 e. The van der Waals surface area contributed by atoms with Crippen molar-refractivity contribution in [1.82, 2.24) is 14.9 Å². The second-order valence-corrected chi connectivity index (χ2v) is 4.12. The average molecular weight is 245 g/mol. The molecule has 0 atom stereocenters. The Balaban J connectivity index is 1.56. The second-order valence-electron chi connectivity index (χ2n) is 4.12. The maximum atomic E-state index is 5.58. The lowest BCUT2D eigenvalue weighted by Gasteiger charge is -2.07. The van der Waals surface area contributed by atoms with Crippen molar-refractivity contribution in [3.05, 3.63) is 48.5 Å². The van der Waals surface area contributed by atoms with Crippen LogP contribution in [0.5, 0.6) is 5.75 Å². The van der Waals surface area contributed by atoms with Gasteiger partial charge in [0.2, 0.25) is 0 Å². The molecule has 0 aliphatic carbocycles. The Morgan fingerprint density at radius 2 is 2.06 bits per heavy atom. The van der Waals surface area contributed by atoms with E-state index in [0.717, 1.165) is 31.1 Å². The number of imidazole rings is 1. The summed E-state index contributed by atoms with van der Waals surface area (Å²) in [5.41, 5.74) is 0. The van der Waals surface area contributed by atoms with Crippen LogP contribution in [-0.2, 0) is 13.5 Å². The molecule has 0 aliphatic rings. The number of hydrogen-bond acceptors (Lipinski definition) is 3. The van der Waals surface area contributed by atoms with Crippen LogP contribution in [0.25, 0.3) is 0 Å². The summed E-state index contributed by atoms with van der Waals surface area (Å²) < 4.78 is 7.63. The summed E-state index contributed by atoms with van der Waals surface area (Å²) in [5.74, 6) is 2.02. The highest BCUT2D eigenvalue weighted by Gasteiger charge is 1.98. The Labute approximate surface area is 108 Å². The zero-order valence-corrected chi connectivity index (χ0v) is 10.7. The molecule has 18 heavy (non-hydrogen) atoms. The number of rotatable bonds is 7. The summed E-state index contributed by atoms with van der Waals surface area (Å²) in [4.78, 5) is 4.27. The molecule has 96 valence electrons. The van der Waals surface area contributed by atoms with Gasteiger partial charge in [-0.1, -0.05) is 18.2 Å². The molecule has 1 aromatic carbocycles. The van der Waals surface area contributed by atoms with Gasteiger partial charge in [0.15, 0.2) is 0 Å². The molecule has 0 unspecified atom stereocenters. The molecule has 1 aromatic heterocycles. The molecule has 4 nitrogen and oxygen atoms in total. The van der Waals surface area contributed by atoms with Gasteiger partial charge in [-0.25, -0.2) is 4.98 Å². The molecule has 0 saturated carbocycles. The standard InChI is InChI=1S/C14H19N3O/c1-17-11-9-16-14(17)7-8-15-10-12-18-13-5-3-2-4-6-13/h2-6,9,11,15H,7-8,10,12H2,1H3. The summed E-state index contributed by atoms with van der Waals surface area (Å²) >= 11 is 0. The van der Waals surface area contributed by atoms with Gasteiger partial charge in [-0.15, -0.1) is 0 Å². The fourth-order valence-electron chi connectivity index (χ4n) is 1.72. The predicted molar refractivity (Wildman–Crippen MR) is 71.7 cm³/mol. The summed E-state index contributed by atoms with van der Waals surface area (Å²) in [6.45, 7) is 2.45. The Bertz CT molecular complexity index is 453. The van der Waals surface area contributed by atoms with Crippen LogP contribution >= 0.6 is 0 Å². The Kier molecular flexibility index (Phi) is 4.78. The van der Waals surface area contributed by atoms with Crippen molar-refractivity contribution in [3.63, 3.8) is 0 Å². The van der Waals surface area contributed by atoms with Gasteiger partial charge in [0.1, 0.15) is 18.2 Å². The van der Waals surface area contributed by atoms with Crippen molar-refractivity contribution < 1.29 is 4.74 Å². The lowest BCUT2D eigenvalue weighted by molar-refractivity contribution is 0.314. The number of aromatic nitrogens is 2. The van der Waals surface area contributed by atoms with E-state index in [0.29, 0.717) is 6.61 Å². The van der Waals surface area contributed by atoms with Crippen LogP contribution in [0, 0.1) is 0 Å². The van der Waals surface area contributed by atoms with E-state index in [1.165, 1.54) is 0 Å². The van der Waals surface area contributed by atoms with Crippen LogP contribution in [0.1, 0.15) is 5.82 Å². The number of hydrogen-bond donors (Lipinski definition) is 1. The smallest absolute Gasteiger partial charge is 0.119 e. The van der Waals surface area contributed by atoms with E-state index in [1.807, 2.05) is 54.3 Å². The molecule has 0 spiro atoms. The molecule has 0 radical (unpaired) electrons. The number of aryl methyl sites for hydroxylation is 1. The minimum absolute atomic E-state index is 0.685. The number of ether oxygens (including phenoxy) is 1. The molecule has 0 amide bonds. The van der Waals surface area contributed by atoms with Crippen molar-refractivity contribution in [2.24, 2.45) is 7.05 Å². The third kappa shape index (κ3) is 3.89. The van der Waals surface area contributed by atoms with Gasteiger partial charge in [-0.2, -0.15) is 0 Å². The highest BCUT2D eigenvalue weighted by Crippen LogP contribution is 2.07. The average Bonchev–Trinajstić information content (AvgIpc) is 2.81. The van der Waals surface area contributed by atoms with Crippen LogP contribution in [0.3, 0.4) is 0 Å². The molecule has 0 bridgehead atoms. The third-order valence-electron chi connectivity index (χ3n) is 2.74. The minimum Gasteiger partial charge on any atom is -0.492 e. The summed E-state index contributed by atoms with van der Waals surface area (Å²) in [5, 5.41) is 3.34. The molecule has 0 aliphatic heterocycles. The van der Waals surface area contributed by atoms with E-state index in [2.05, 4.69) is 10.3 Å². The van der Waals surface area contributed by atoms with Crippen LogP contribution in [0.2, 0.25) is 0 Å². The molecule has 1 N–H and O–H groups in total. The molecular formula is C14H19N3O. The Morgan fingerprint density at radius 1 is 1.22 bits per heavy atom. The van der Waals surface area contributed by atoms with E-state index in [1.54, 1.807) is 0 Å². The van der Waals surface area contributed by atoms with Crippen LogP contribution in [-0.4, -0.2) is 29.2 Å². The molecule has 1 heterocycles. The summed E-state index contributed by atoms with van der Waals surface area (Å²) in [7, 11) is 2.01. The SMILES string of the molecule is Cn1ccnc1CCNCCOc1ccccc1. The lowest BCUT2D eigenvalue weighted by Crippen LogP contribution is -2.24. The number of benzene rings is 1. The normalized spacial score (nSPS) is 10.5. The van der Waals surface area contributed by atoms with E-state index < -0.39 is 0 Å². The summed E-state index contributed by atoms with van der Waals surface area (Å²) in [6.07, 6.45) is 4.73. The molecule has 0 saturated heterocycles. The van der Waals surface area contributed by atoms with Crippen molar-refractivity contribution in [1.29, 1.82) is 0 Å². The molecule has 4 heteroatoms. The molecule has 0 fully saturated rings.